The molecule has 0 aliphatic heterocycles. The monoisotopic (exact) mass is 284 g/mol. The SMILES string of the molecule is Cc1ccc(S(=O)(=O)N(CCCN)C(C)C)cc1C. The maximum absolute atomic E-state index is 12.6. The van der Waals surface area contributed by atoms with E-state index in [1.807, 2.05) is 33.8 Å². The molecule has 1 aromatic rings. The van der Waals surface area contributed by atoms with Crippen molar-refractivity contribution in [2.75, 3.05) is 13.1 Å². The molecule has 0 saturated heterocycles. The normalized spacial score (nSPS) is 12.4. The largest absolute Gasteiger partial charge is 0.330 e. The number of nitrogens with zero attached hydrogens (tertiary/aromatic N) is 1. The topological polar surface area (TPSA) is 63.4 Å². The van der Waals surface area contributed by atoms with Gasteiger partial charge in [-0.1, -0.05) is 6.07 Å². The lowest BCUT2D eigenvalue weighted by Crippen LogP contribution is -2.38. The van der Waals surface area contributed by atoms with Crippen molar-refractivity contribution in [1.82, 2.24) is 4.31 Å². The minimum atomic E-state index is -3.43. The van der Waals surface area contributed by atoms with E-state index >= 15 is 0 Å². The molecule has 108 valence electrons. The van der Waals surface area contributed by atoms with Crippen molar-refractivity contribution >= 4 is 10.0 Å². The Labute approximate surface area is 116 Å². The zero-order valence-electron chi connectivity index (χ0n) is 12.2. The van der Waals surface area contributed by atoms with Crippen molar-refractivity contribution in [2.45, 2.75) is 45.1 Å². The van der Waals surface area contributed by atoms with Crippen LogP contribution in [0, 0.1) is 13.8 Å². The van der Waals surface area contributed by atoms with Crippen LogP contribution in [0.3, 0.4) is 0 Å². The third-order valence-corrected chi connectivity index (χ3v) is 5.31. The number of hydrogen-bond donors (Lipinski definition) is 1. The van der Waals surface area contributed by atoms with Gasteiger partial charge < -0.3 is 5.73 Å². The number of rotatable bonds is 6. The van der Waals surface area contributed by atoms with Crippen LogP contribution in [0.2, 0.25) is 0 Å². The van der Waals surface area contributed by atoms with Gasteiger partial charge in [-0.25, -0.2) is 8.42 Å². The van der Waals surface area contributed by atoms with Crippen molar-refractivity contribution in [2.24, 2.45) is 5.73 Å². The highest BCUT2D eigenvalue weighted by Crippen LogP contribution is 2.21. The third-order valence-electron chi connectivity index (χ3n) is 3.24. The predicted octanol–water partition coefficient (Wildman–Crippen LogP) is 2.05. The highest BCUT2D eigenvalue weighted by atomic mass is 32.2. The minimum Gasteiger partial charge on any atom is -0.330 e. The van der Waals surface area contributed by atoms with Gasteiger partial charge in [0, 0.05) is 12.6 Å². The molecule has 0 fully saturated rings. The van der Waals surface area contributed by atoms with Crippen LogP contribution in [-0.4, -0.2) is 31.9 Å². The smallest absolute Gasteiger partial charge is 0.243 e. The summed E-state index contributed by atoms with van der Waals surface area (Å²) in [5.74, 6) is 0. The van der Waals surface area contributed by atoms with E-state index < -0.39 is 10.0 Å². The van der Waals surface area contributed by atoms with E-state index in [0.717, 1.165) is 11.1 Å². The molecule has 0 heterocycles. The van der Waals surface area contributed by atoms with Crippen LogP contribution in [-0.2, 0) is 10.0 Å². The Kier molecular flexibility index (Phi) is 5.52. The van der Waals surface area contributed by atoms with E-state index in [9.17, 15) is 8.42 Å². The zero-order chi connectivity index (χ0) is 14.6. The fourth-order valence-corrected chi connectivity index (χ4v) is 3.67. The fraction of sp³-hybridized carbons (Fsp3) is 0.571. The van der Waals surface area contributed by atoms with Crippen LogP contribution < -0.4 is 5.73 Å². The van der Waals surface area contributed by atoms with E-state index in [0.29, 0.717) is 24.4 Å². The summed E-state index contributed by atoms with van der Waals surface area (Å²) in [6.45, 7) is 8.62. The van der Waals surface area contributed by atoms with Crippen LogP contribution in [0.1, 0.15) is 31.4 Å². The number of aryl methyl sites for hydroxylation is 2. The van der Waals surface area contributed by atoms with E-state index in [1.54, 1.807) is 12.1 Å². The Bertz CT molecular complexity index is 524. The number of sulfonamides is 1. The highest BCUT2D eigenvalue weighted by Gasteiger charge is 2.26. The lowest BCUT2D eigenvalue weighted by molar-refractivity contribution is 0.351. The molecule has 2 N–H and O–H groups in total. The molecule has 0 aliphatic rings. The second-order valence-corrected chi connectivity index (χ2v) is 6.99. The Morgan fingerprint density at radius 3 is 2.32 bits per heavy atom. The summed E-state index contributed by atoms with van der Waals surface area (Å²) >= 11 is 0. The molecular formula is C14H24N2O2S. The highest BCUT2D eigenvalue weighted by molar-refractivity contribution is 7.89. The van der Waals surface area contributed by atoms with Crippen LogP contribution in [0.5, 0.6) is 0 Å². The Morgan fingerprint density at radius 2 is 1.84 bits per heavy atom. The molecule has 4 nitrogen and oxygen atoms in total. The molecule has 0 aromatic heterocycles. The summed E-state index contributed by atoms with van der Waals surface area (Å²) in [7, 11) is -3.43. The molecular weight excluding hydrogens is 260 g/mol. The standard InChI is InChI=1S/C14H24N2O2S/c1-11(2)16(9-5-8-15)19(17,18)14-7-6-12(3)13(4)10-14/h6-7,10-11H,5,8-9,15H2,1-4H3. The second-order valence-electron chi connectivity index (χ2n) is 5.10. The Hall–Kier alpha value is -0.910. The maximum Gasteiger partial charge on any atom is 0.243 e. The van der Waals surface area contributed by atoms with Crippen molar-refractivity contribution in [3.05, 3.63) is 29.3 Å². The van der Waals surface area contributed by atoms with E-state index in [-0.39, 0.29) is 6.04 Å². The summed E-state index contributed by atoms with van der Waals surface area (Å²) in [4.78, 5) is 0.362. The van der Waals surface area contributed by atoms with Gasteiger partial charge in [-0.2, -0.15) is 4.31 Å². The number of benzene rings is 1. The second kappa shape index (κ2) is 6.50. The van der Waals surface area contributed by atoms with Gasteiger partial charge >= 0.3 is 0 Å². The molecule has 0 saturated carbocycles. The summed E-state index contributed by atoms with van der Waals surface area (Å²) in [6, 6.07) is 5.19. The van der Waals surface area contributed by atoms with Crippen molar-refractivity contribution < 1.29 is 8.42 Å². The van der Waals surface area contributed by atoms with E-state index in [2.05, 4.69) is 0 Å². The molecule has 1 rings (SSSR count). The fourth-order valence-electron chi connectivity index (χ4n) is 1.91. The lowest BCUT2D eigenvalue weighted by atomic mass is 10.1. The molecule has 19 heavy (non-hydrogen) atoms. The van der Waals surface area contributed by atoms with Crippen LogP contribution >= 0.6 is 0 Å². The van der Waals surface area contributed by atoms with Gasteiger partial charge in [0.25, 0.3) is 0 Å². The first kappa shape index (κ1) is 16.1. The third kappa shape index (κ3) is 3.78. The van der Waals surface area contributed by atoms with Crippen molar-refractivity contribution in [1.29, 1.82) is 0 Å². The van der Waals surface area contributed by atoms with Gasteiger partial charge in [-0.05, 0) is 63.9 Å². The molecule has 0 atom stereocenters. The first-order valence-electron chi connectivity index (χ1n) is 6.60. The predicted molar refractivity (Wildman–Crippen MR) is 78.6 cm³/mol. The van der Waals surface area contributed by atoms with Gasteiger partial charge in [0.15, 0.2) is 0 Å². The van der Waals surface area contributed by atoms with Crippen LogP contribution in [0.15, 0.2) is 23.1 Å². The van der Waals surface area contributed by atoms with Gasteiger partial charge in [0.1, 0.15) is 0 Å². The van der Waals surface area contributed by atoms with Crippen molar-refractivity contribution in [3.8, 4) is 0 Å². The van der Waals surface area contributed by atoms with E-state index in [4.69, 9.17) is 5.73 Å². The molecule has 0 aliphatic carbocycles. The molecule has 0 amide bonds. The maximum atomic E-state index is 12.6. The zero-order valence-corrected chi connectivity index (χ0v) is 13.0. The quantitative estimate of drug-likeness (QED) is 0.869. The van der Waals surface area contributed by atoms with Crippen molar-refractivity contribution in [3.63, 3.8) is 0 Å². The van der Waals surface area contributed by atoms with Crippen LogP contribution in [0.25, 0.3) is 0 Å². The van der Waals surface area contributed by atoms with Gasteiger partial charge in [-0.15, -0.1) is 0 Å². The summed E-state index contributed by atoms with van der Waals surface area (Å²) < 4.78 is 26.8. The Morgan fingerprint density at radius 1 is 1.21 bits per heavy atom. The van der Waals surface area contributed by atoms with Gasteiger partial charge in [0.2, 0.25) is 10.0 Å². The van der Waals surface area contributed by atoms with Gasteiger partial charge in [-0.3, -0.25) is 0 Å². The van der Waals surface area contributed by atoms with E-state index in [1.165, 1.54) is 4.31 Å². The first-order chi connectivity index (χ1) is 8.80. The minimum absolute atomic E-state index is 0.0711. The van der Waals surface area contributed by atoms with Crippen LogP contribution in [0.4, 0.5) is 0 Å². The molecule has 0 unspecified atom stereocenters. The average molecular weight is 284 g/mol. The summed E-state index contributed by atoms with van der Waals surface area (Å²) in [6.07, 6.45) is 0.669. The molecule has 0 radical (unpaired) electrons. The summed E-state index contributed by atoms with van der Waals surface area (Å²) in [5, 5.41) is 0. The number of nitrogens with two attached hydrogens (primary N) is 1. The molecule has 5 heteroatoms. The summed E-state index contributed by atoms with van der Waals surface area (Å²) in [5.41, 5.74) is 7.57. The molecule has 1 aromatic carbocycles. The number of hydrogen-bond acceptors (Lipinski definition) is 3. The molecule has 0 spiro atoms. The Balaban J connectivity index is 3.15. The lowest BCUT2D eigenvalue weighted by Gasteiger charge is -2.26. The average Bonchev–Trinajstić information content (AvgIpc) is 2.32. The van der Waals surface area contributed by atoms with Gasteiger partial charge in [0.05, 0.1) is 4.90 Å². The molecule has 0 bridgehead atoms. The first-order valence-corrected chi connectivity index (χ1v) is 8.04.